The van der Waals surface area contributed by atoms with Crippen molar-refractivity contribution in [3.63, 3.8) is 0 Å². The first-order valence-corrected chi connectivity index (χ1v) is 10.4. The molecule has 0 aliphatic rings. The van der Waals surface area contributed by atoms with Gasteiger partial charge in [-0.15, -0.1) is 0 Å². The highest BCUT2D eigenvalue weighted by Crippen LogP contribution is 2.36. The Labute approximate surface area is 174 Å². The average Bonchev–Trinajstić information content (AvgIpc) is 2.73. The van der Waals surface area contributed by atoms with E-state index < -0.39 is 11.6 Å². The lowest BCUT2D eigenvalue weighted by Crippen LogP contribution is -2.41. The van der Waals surface area contributed by atoms with Crippen molar-refractivity contribution < 1.29 is 14.3 Å². The summed E-state index contributed by atoms with van der Waals surface area (Å²) in [6.45, 7) is 9.73. The third kappa shape index (κ3) is 6.15. The maximum atomic E-state index is 13.7. The second-order valence-electron chi connectivity index (χ2n) is 8.05. The van der Waals surface area contributed by atoms with Gasteiger partial charge in [0.1, 0.15) is 0 Å². The highest BCUT2D eigenvalue weighted by molar-refractivity contribution is 6.04. The fourth-order valence-corrected chi connectivity index (χ4v) is 3.42. The molecule has 3 heteroatoms. The van der Waals surface area contributed by atoms with Crippen LogP contribution in [0.5, 0.6) is 0 Å². The summed E-state index contributed by atoms with van der Waals surface area (Å²) in [7, 11) is 0. The van der Waals surface area contributed by atoms with Crippen LogP contribution in [0.15, 0.2) is 72.8 Å². The van der Waals surface area contributed by atoms with Gasteiger partial charge in [0.25, 0.3) is 0 Å². The van der Waals surface area contributed by atoms with Gasteiger partial charge in [0.15, 0.2) is 5.60 Å². The molecule has 0 aliphatic carbocycles. The average molecular weight is 393 g/mol. The zero-order valence-corrected chi connectivity index (χ0v) is 17.8. The van der Waals surface area contributed by atoms with Crippen LogP contribution in [0, 0.1) is 5.92 Å². The molecule has 154 valence electrons. The zero-order chi connectivity index (χ0) is 21.3. The lowest BCUT2D eigenvalue weighted by atomic mass is 9.81. The van der Waals surface area contributed by atoms with Gasteiger partial charge < -0.3 is 4.74 Å². The zero-order valence-electron chi connectivity index (χ0n) is 17.8. The van der Waals surface area contributed by atoms with Crippen LogP contribution >= 0.6 is 0 Å². The predicted molar refractivity (Wildman–Crippen MR) is 118 cm³/mol. The molecule has 0 saturated heterocycles. The highest BCUT2D eigenvalue weighted by Gasteiger charge is 2.44. The summed E-state index contributed by atoms with van der Waals surface area (Å²) in [6, 6.07) is 18.4. The van der Waals surface area contributed by atoms with Crippen LogP contribution in [0.3, 0.4) is 0 Å². The Balaban J connectivity index is 2.42. The largest absolute Gasteiger partial charge is 0.442 e. The summed E-state index contributed by atoms with van der Waals surface area (Å²) >= 11 is 0. The van der Waals surface area contributed by atoms with E-state index in [1.54, 1.807) is 19.1 Å². The van der Waals surface area contributed by atoms with E-state index in [1.165, 1.54) is 0 Å². The van der Waals surface area contributed by atoms with Gasteiger partial charge in [-0.25, -0.2) is 4.79 Å². The van der Waals surface area contributed by atoms with Crippen LogP contribution in [-0.2, 0) is 15.1 Å². The predicted octanol–water partition coefficient (Wildman–Crippen LogP) is 6.49. The van der Waals surface area contributed by atoms with Gasteiger partial charge in [0.05, 0.1) is 0 Å². The minimum Gasteiger partial charge on any atom is -0.442 e. The van der Waals surface area contributed by atoms with Gasteiger partial charge in [0.2, 0.25) is 5.78 Å². The van der Waals surface area contributed by atoms with E-state index in [1.807, 2.05) is 48.5 Å². The SMILES string of the molecule is C=C(C)C(=O)OC(CCCCCC(C)C)(C(=O)c1ccccc1)c1ccccc1. The first-order valence-electron chi connectivity index (χ1n) is 10.4. The third-order valence-corrected chi connectivity index (χ3v) is 5.07. The Hall–Kier alpha value is -2.68. The molecule has 0 heterocycles. The van der Waals surface area contributed by atoms with Crippen LogP contribution in [0.2, 0.25) is 0 Å². The molecule has 3 nitrogen and oxygen atoms in total. The number of ether oxygens (including phenoxy) is 1. The first-order chi connectivity index (χ1) is 13.9. The molecule has 29 heavy (non-hydrogen) atoms. The molecule has 2 rings (SSSR count). The Morgan fingerprint density at radius 1 is 0.931 bits per heavy atom. The van der Waals surface area contributed by atoms with E-state index >= 15 is 0 Å². The van der Waals surface area contributed by atoms with Crippen molar-refractivity contribution >= 4 is 11.8 Å². The molecular weight excluding hydrogens is 360 g/mol. The Kier molecular flexibility index (Phi) is 8.38. The monoisotopic (exact) mass is 392 g/mol. The number of hydrogen-bond acceptors (Lipinski definition) is 3. The maximum absolute atomic E-state index is 13.7. The molecule has 0 saturated carbocycles. The number of carbonyl (C=O) groups is 2. The van der Waals surface area contributed by atoms with Crippen LogP contribution < -0.4 is 0 Å². The number of Topliss-reactive ketones (excluding diaryl/α,β-unsaturated/α-hetero) is 1. The van der Waals surface area contributed by atoms with Crippen molar-refractivity contribution in [2.24, 2.45) is 5.92 Å². The number of rotatable bonds is 11. The fraction of sp³-hybridized carbons (Fsp3) is 0.385. The van der Waals surface area contributed by atoms with Crippen LogP contribution in [0.1, 0.15) is 68.8 Å². The standard InChI is InChI=1S/C26H32O3/c1-20(2)14-8-7-13-19-26(29-25(28)21(3)4,23-17-11-6-12-18-23)24(27)22-15-9-5-10-16-22/h5-6,9-12,15-18,20H,3,7-8,13-14,19H2,1-2,4H3. The molecule has 2 aromatic carbocycles. The summed E-state index contributed by atoms with van der Waals surface area (Å²) in [5, 5.41) is 0. The molecule has 0 fully saturated rings. The number of carbonyl (C=O) groups excluding carboxylic acids is 2. The highest BCUT2D eigenvalue weighted by atomic mass is 16.6. The third-order valence-electron chi connectivity index (χ3n) is 5.07. The van der Waals surface area contributed by atoms with Crippen molar-refractivity contribution in [2.75, 3.05) is 0 Å². The van der Waals surface area contributed by atoms with Gasteiger partial charge in [-0.2, -0.15) is 0 Å². The van der Waals surface area contributed by atoms with Gasteiger partial charge in [0, 0.05) is 16.7 Å². The van der Waals surface area contributed by atoms with Crippen LogP contribution in [0.25, 0.3) is 0 Å². The Morgan fingerprint density at radius 2 is 1.52 bits per heavy atom. The van der Waals surface area contributed by atoms with Gasteiger partial charge >= 0.3 is 5.97 Å². The van der Waals surface area contributed by atoms with Crippen molar-refractivity contribution in [1.29, 1.82) is 0 Å². The molecule has 0 radical (unpaired) electrons. The summed E-state index contributed by atoms with van der Waals surface area (Å²) in [5.41, 5.74) is 0.169. The Morgan fingerprint density at radius 3 is 2.07 bits per heavy atom. The van der Waals surface area contributed by atoms with Crippen molar-refractivity contribution in [3.05, 3.63) is 83.9 Å². The van der Waals surface area contributed by atoms with E-state index in [2.05, 4.69) is 20.4 Å². The minimum absolute atomic E-state index is 0.192. The van der Waals surface area contributed by atoms with Crippen molar-refractivity contribution in [1.82, 2.24) is 0 Å². The summed E-state index contributed by atoms with van der Waals surface area (Å²) < 4.78 is 5.94. The molecule has 0 aromatic heterocycles. The van der Waals surface area contributed by atoms with E-state index in [-0.39, 0.29) is 11.4 Å². The maximum Gasteiger partial charge on any atom is 0.334 e. The Bertz CT molecular complexity index is 808. The topological polar surface area (TPSA) is 43.4 Å². The smallest absolute Gasteiger partial charge is 0.334 e. The molecule has 1 atom stereocenters. The normalized spacial score (nSPS) is 13.0. The summed E-state index contributed by atoms with van der Waals surface area (Å²) in [6.07, 6.45) is 4.47. The molecule has 0 aliphatic heterocycles. The molecule has 2 aromatic rings. The van der Waals surface area contributed by atoms with Gasteiger partial charge in [-0.05, 0) is 25.7 Å². The summed E-state index contributed by atoms with van der Waals surface area (Å²) in [5.74, 6) is -0.0795. The molecule has 1 unspecified atom stereocenters. The van der Waals surface area contributed by atoms with E-state index in [4.69, 9.17) is 4.74 Å². The van der Waals surface area contributed by atoms with Crippen LogP contribution in [0.4, 0.5) is 0 Å². The molecular formula is C26H32O3. The van der Waals surface area contributed by atoms with Gasteiger partial charge in [-0.1, -0.05) is 100 Å². The number of unbranched alkanes of at least 4 members (excludes halogenated alkanes) is 2. The van der Waals surface area contributed by atoms with E-state index in [9.17, 15) is 9.59 Å². The number of ketones is 1. The minimum atomic E-state index is -1.35. The van der Waals surface area contributed by atoms with Crippen molar-refractivity contribution in [2.45, 2.75) is 58.5 Å². The van der Waals surface area contributed by atoms with Gasteiger partial charge in [-0.3, -0.25) is 4.79 Å². The molecule has 0 amide bonds. The van der Waals surface area contributed by atoms with E-state index in [0.29, 0.717) is 23.5 Å². The second kappa shape index (κ2) is 10.8. The number of hydrogen-bond donors (Lipinski definition) is 0. The lowest BCUT2D eigenvalue weighted by molar-refractivity contribution is -0.152. The summed E-state index contributed by atoms with van der Waals surface area (Å²) in [4.78, 5) is 26.3. The number of esters is 1. The molecule has 0 bridgehead atoms. The first kappa shape index (κ1) is 22.6. The van der Waals surface area contributed by atoms with Crippen molar-refractivity contribution in [3.8, 4) is 0 Å². The van der Waals surface area contributed by atoms with Crippen LogP contribution in [-0.4, -0.2) is 11.8 Å². The number of benzene rings is 2. The molecule has 0 spiro atoms. The second-order valence-corrected chi connectivity index (χ2v) is 8.05. The fourth-order valence-electron chi connectivity index (χ4n) is 3.42. The lowest BCUT2D eigenvalue weighted by Gasteiger charge is -2.33. The van der Waals surface area contributed by atoms with E-state index in [0.717, 1.165) is 25.7 Å². The molecule has 0 N–H and O–H groups in total. The quantitative estimate of drug-likeness (QED) is 0.190.